The highest BCUT2D eigenvalue weighted by molar-refractivity contribution is 5.29. The maximum Gasteiger partial charge on any atom is 0.118 e. The van der Waals surface area contributed by atoms with Crippen LogP contribution < -0.4 is 10.1 Å². The minimum Gasteiger partial charge on any atom is -0.497 e. The van der Waals surface area contributed by atoms with Gasteiger partial charge in [-0.15, -0.1) is 0 Å². The van der Waals surface area contributed by atoms with Gasteiger partial charge in [-0.25, -0.2) is 0 Å². The number of methoxy groups -OCH3 is 1. The Hall–Kier alpha value is -1.06. The van der Waals surface area contributed by atoms with Crippen LogP contribution in [0.2, 0.25) is 0 Å². The van der Waals surface area contributed by atoms with E-state index in [2.05, 4.69) is 55.4 Å². The van der Waals surface area contributed by atoms with Gasteiger partial charge in [0.1, 0.15) is 5.75 Å². The molecule has 3 heteroatoms. The Morgan fingerprint density at radius 2 is 2.00 bits per heavy atom. The summed E-state index contributed by atoms with van der Waals surface area (Å²) in [6.45, 7) is 5.91. The Morgan fingerprint density at radius 3 is 2.57 bits per heavy atom. The van der Waals surface area contributed by atoms with E-state index < -0.39 is 0 Å². The van der Waals surface area contributed by atoms with Crippen LogP contribution in [0.15, 0.2) is 24.3 Å². The fourth-order valence-electron chi connectivity index (χ4n) is 3.69. The second kappa shape index (κ2) is 7.81. The third-order valence-electron chi connectivity index (χ3n) is 4.94. The third-order valence-corrected chi connectivity index (χ3v) is 4.94. The summed E-state index contributed by atoms with van der Waals surface area (Å²) in [5.74, 6) is 0.922. The lowest BCUT2D eigenvalue weighted by atomic mass is 9.93. The van der Waals surface area contributed by atoms with Crippen molar-refractivity contribution in [3.05, 3.63) is 29.8 Å². The maximum absolute atomic E-state index is 5.26. The lowest BCUT2D eigenvalue weighted by Crippen LogP contribution is -2.49. The van der Waals surface area contributed by atoms with Crippen molar-refractivity contribution in [3.63, 3.8) is 0 Å². The molecule has 0 aliphatic carbocycles. The first-order valence-corrected chi connectivity index (χ1v) is 8.28. The fraction of sp³-hybridized carbons (Fsp3) is 0.667. The van der Waals surface area contributed by atoms with E-state index >= 15 is 0 Å². The van der Waals surface area contributed by atoms with Crippen molar-refractivity contribution in [1.82, 2.24) is 10.2 Å². The van der Waals surface area contributed by atoms with Crippen LogP contribution >= 0.6 is 0 Å². The normalized spacial score (nSPS) is 22.8. The molecule has 2 rings (SSSR count). The van der Waals surface area contributed by atoms with Crippen LogP contribution in [0.25, 0.3) is 0 Å². The molecule has 118 valence electrons. The molecule has 0 saturated carbocycles. The van der Waals surface area contributed by atoms with Crippen LogP contribution in [0.4, 0.5) is 0 Å². The number of ether oxygens (including phenoxy) is 1. The quantitative estimate of drug-likeness (QED) is 0.866. The Kier molecular flexibility index (Phi) is 6.07. The number of hydrogen-bond donors (Lipinski definition) is 1. The third kappa shape index (κ3) is 3.78. The predicted molar refractivity (Wildman–Crippen MR) is 88.9 cm³/mol. The maximum atomic E-state index is 5.26. The average Bonchev–Trinajstić information content (AvgIpc) is 2.56. The standard InChI is InChI=1S/C18H30N2O/c1-5-16-8-6-7-13-20(16)14(2)18(19-3)15-9-11-17(21-4)12-10-15/h9-12,14,16,18-19H,5-8,13H2,1-4H3. The van der Waals surface area contributed by atoms with Gasteiger partial charge in [0.25, 0.3) is 0 Å². The molecule has 3 atom stereocenters. The van der Waals surface area contributed by atoms with E-state index in [0.29, 0.717) is 12.1 Å². The minimum atomic E-state index is 0.364. The van der Waals surface area contributed by atoms with E-state index in [1.54, 1.807) is 7.11 Å². The van der Waals surface area contributed by atoms with Gasteiger partial charge in [0.05, 0.1) is 7.11 Å². The molecule has 3 nitrogen and oxygen atoms in total. The van der Waals surface area contributed by atoms with Crippen LogP contribution in [0.1, 0.15) is 51.1 Å². The summed E-state index contributed by atoms with van der Waals surface area (Å²) >= 11 is 0. The zero-order valence-corrected chi connectivity index (χ0v) is 13.9. The zero-order valence-electron chi connectivity index (χ0n) is 13.9. The topological polar surface area (TPSA) is 24.5 Å². The van der Waals surface area contributed by atoms with Gasteiger partial charge in [-0.3, -0.25) is 4.90 Å². The zero-order chi connectivity index (χ0) is 15.2. The molecule has 1 aromatic carbocycles. The predicted octanol–water partition coefficient (Wildman–Crippen LogP) is 3.61. The number of likely N-dealkylation sites (tertiary alicyclic amines) is 1. The number of benzene rings is 1. The Bertz CT molecular complexity index is 418. The first kappa shape index (κ1) is 16.3. The molecule has 1 aliphatic heterocycles. The molecule has 21 heavy (non-hydrogen) atoms. The van der Waals surface area contributed by atoms with Crippen molar-refractivity contribution in [3.8, 4) is 5.75 Å². The first-order valence-electron chi connectivity index (χ1n) is 8.28. The molecule has 0 spiro atoms. The highest BCUT2D eigenvalue weighted by atomic mass is 16.5. The second-order valence-electron chi connectivity index (χ2n) is 6.08. The molecule has 1 heterocycles. The smallest absolute Gasteiger partial charge is 0.118 e. The summed E-state index contributed by atoms with van der Waals surface area (Å²) < 4.78 is 5.26. The number of nitrogens with zero attached hydrogens (tertiary/aromatic N) is 1. The Balaban J connectivity index is 2.14. The van der Waals surface area contributed by atoms with Gasteiger partial charge >= 0.3 is 0 Å². The molecule has 0 aromatic heterocycles. The molecule has 1 aliphatic rings. The van der Waals surface area contributed by atoms with E-state index in [1.807, 2.05) is 0 Å². The van der Waals surface area contributed by atoms with Crippen molar-refractivity contribution in [1.29, 1.82) is 0 Å². The van der Waals surface area contributed by atoms with Gasteiger partial charge in [-0.2, -0.15) is 0 Å². The van der Waals surface area contributed by atoms with E-state index in [4.69, 9.17) is 4.74 Å². The summed E-state index contributed by atoms with van der Waals surface area (Å²) in [5.41, 5.74) is 1.34. The summed E-state index contributed by atoms with van der Waals surface area (Å²) in [5, 5.41) is 3.52. The second-order valence-corrected chi connectivity index (χ2v) is 6.08. The molecule has 3 unspecified atom stereocenters. The van der Waals surface area contributed by atoms with Gasteiger partial charge in [-0.05, 0) is 57.5 Å². The molecule has 1 fully saturated rings. The number of likely N-dealkylation sites (N-methyl/N-ethyl adjacent to an activating group) is 1. The summed E-state index contributed by atoms with van der Waals surface area (Å²) in [4.78, 5) is 2.70. The van der Waals surface area contributed by atoms with Crippen LogP contribution in [0, 0.1) is 0 Å². The summed E-state index contributed by atoms with van der Waals surface area (Å²) in [6.07, 6.45) is 5.32. The molecular weight excluding hydrogens is 260 g/mol. The average molecular weight is 290 g/mol. The van der Waals surface area contributed by atoms with Crippen LogP contribution in [-0.4, -0.2) is 37.7 Å². The van der Waals surface area contributed by atoms with E-state index in [9.17, 15) is 0 Å². The van der Waals surface area contributed by atoms with Crippen molar-refractivity contribution < 1.29 is 4.74 Å². The van der Waals surface area contributed by atoms with Crippen LogP contribution in [-0.2, 0) is 0 Å². The van der Waals surface area contributed by atoms with Crippen LogP contribution in [0.3, 0.4) is 0 Å². The lowest BCUT2D eigenvalue weighted by Gasteiger charge is -2.42. The molecule has 1 saturated heterocycles. The van der Waals surface area contributed by atoms with Crippen LogP contribution in [0.5, 0.6) is 5.75 Å². The number of rotatable bonds is 6. The highest BCUT2D eigenvalue weighted by Crippen LogP contribution is 2.29. The highest BCUT2D eigenvalue weighted by Gasteiger charge is 2.30. The number of piperidine rings is 1. The van der Waals surface area contributed by atoms with Crippen molar-refractivity contribution in [2.24, 2.45) is 0 Å². The number of hydrogen-bond acceptors (Lipinski definition) is 3. The van der Waals surface area contributed by atoms with Crippen molar-refractivity contribution in [2.45, 2.75) is 57.7 Å². The van der Waals surface area contributed by atoms with Gasteiger partial charge < -0.3 is 10.1 Å². The molecule has 1 N–H and O–H groups in total. The van der Waals surface area contributed by atoms with E-state index in [1.165, 1.54) is 37.8 Å². The van der Waals surface area contributed by atoms with Gasteiger partial charge in [-0.1, -0.05) is 25.5 Å². The Morgan fingerprint density at radius 1 is 1.29 bits per heavy atom. The van der Waals surface area contributed by atoms with Gasteiger partial charge in [0.2, 0.25) is 0 Å². The molecule has 0 bridgehead atoms. The Labute approximate surface area is 129 Å². The molecule has 1 aromatic rings. The van der Waals surface area contributed by atoms with E-state index in [0.717, 1.165) is 11.8 Å². The number of nitrogens with one attached hydrogen (secondary N) is 1. The van der Waals surface area contributed by atoms with E-state index in [-0.39, 0.29) is 0 Å². The SMILES string of the molecule is CCC1CCCCN1C(C)C(NC)c1ccc(OC)cc1. The van der Waals surface area contributed by atoms with Crippen molar-refractivity contribution in [2.75, 3.05) is 20.7 Å². The molecule has 0 radical (unpaired) electrons. The van der Waals surface area contributed by atoms with Crippen molar-refractivity contribution >= 4 is 0 Å². The van der Waals surface area contributed by atoms with Gasteiger partial charge in [0, 0.05) is 18.1 Å². The monoisotopic (exact) mass is 290 g/mol. The largest absolute Gasteiger partial charge is 0.497 e. The first-order chi connectivity index (χ1) is 10.2. The molecule has 0 amide bonds. The molecular formula is C18H30N2O. The summed E-state index contributed by atoms with van der Waals surface area (Å²) in [7, 11) is 3.78. The minimum absolute atomic E-state index is 0.364. The van der Waals surface area contributed by atoms with Gasteiger partial charge in [0.15, 0.2) is 0 Å². The fourth-order valence-corrected chi connectivity index (χ4v) is 3.69. The lowest BCUT2D eigenvalue weighted by molar-refractivity contribution is 0.0800. The summed E-state index contributed by atoms with van der Waals surface area (Å²) in [6, 6.07) is 10.1.